The molecule has 6 nitrogen and oxygen atoms in total. The Bertz CT molecular complexity index is 269. The van der Waals surface area contributed by atoms with E-state index in [1.165, 1.54) is 0 Å². The summed E-state index contributed by atoms with van der Waals surface area (Å²) in [7, 11) is 3.34. The van der Waals surface area contributed by atoms with Gasteiger partial charge in [-0.15, -0.1) is 5.10 Å². The van der Waals surface area contributed by atoms with Crippen molar-refractivity contribution in [3.8, 4) is 0 Å². The van der Waals surface area contributed by atoms with E-state index >= 15 is 0 Å². The van der Waals surface area contributed by atoms with E-state index < -0.39 is 0 Å². The second-order valence-corrected chi connectivity index (χ2v) is 2.32. The summed E-state index contributed by atoms with van der Waals surface area (Å²) in [5.74, 6) is 0. The number of nitrogens with one attached hydrogen (secondary N) is 2. The van der Waals surface area contributed by atoms with Crippen molar-refractivity contribution >= 4 is 6.03 Å². The van der Waals surface area contributed by atoms with Crippen LogP contribution >= 0.6 is 0 Å². The molecule has 0 fully saturated rings. The second-order valence-electron chi connectivity index (χ2n) is 2.32. The summed E-state index contributed by atoms with van der Waals surface area (Å²) in [4.78, 5) is 10.7. The number of hydrogen-bond donors (Lipinski definition) is 2. The van der Waals surface area contributed by atoms with Gasteiger partial charge in [-0.2, -0.15) is 0 Å². The fraction of sp³-hybridized carbons (Fsp3) is 0.500. The van der Waals surface area contributed by atoms with Crippen LogP contribution in [0.25, 0.3) is 0 Å². The molecule has 0 aromatic carbocycles. The Hall–Kier alpha value is -1.59. The summed E-state index contributed by atoms with van der Waals surface area (Å²) in [6.45, 7) is 0.396. The minimum atomic E-state index is -0.222. The average Bonchev–Trinajstić information content (AvgIpc) is 2.47. The van der Waals surface area contributed by atoms with Crippen molar-refractivity contribution in [2.24, 2.45) is 7.05 Å². The predicted octanol–water partition coefficient (Wildman–Crippen LogP) is -0.756. The molecule has 0 aliphatic carbocycles. The van der Waals surface area contributed by atoms with Crippen LogP contribution in [0.4, 0.5) is 4.79 Å². The molecule has 0 saturated heterocycles. The molecule has 12 heavy (non-hydrogen) atoms. The first-order valence-corrected chi connectivity index (χ1v) is 3.53. The maximum absolute atomic E-state index is 10.7. The smallest absolute Gasteiger partial charge is 0.314 e. The van der Waals surface area contributed by atoms with Gasteiger partial charge < -0.3 is 10.6 Å². The quantitative estimate of drug-likeness (QED) is 0.611. The molecule has 0 atom stereocenters. The van der Waals surface area contributed by atoms with Crippen LogP contribution in [0.15, 0.2) is 6.20 Å². The van der Waals surface area contributed by atoms with E-state index in [4.69, 9.17) is 0 Å². The van der Waals surface area contributed by atoms with E-state index in [1.807, 2.05) is 0 Å². The monoisotopic (exact) mass is 169 g/mol. The fourth-order valence-electron chi connectivity index (χ4n) is 0.736. The number of aryl methyl sites for hydroxylation is 1. The lowest BCUT2D eigenvalue weighted by Crippen LogP contribution is -2.32. The van der Waals surface area contributed by atoms with Gasteiger partial charge in [0.05, 0.1) is 6.54 Å². The van der Waals surface area contributed by atoms with Gasteiger partial charge in [0.1, 0.15) is 5.69 Å². The molecule has 0 saturated carbocycles. The Kier molecular flexibility index (Phi) is 2.62. The Labute approximate surface area is 69.9 Å². The molecule has 0 aliphatic rings. The van der Waals surface area contributed by atoms with Crippen LogP contribution in [-0.4, -0.2) is 28.1 Å². The summed E-state index contributed by atoms with van der Waals surface area (Å²) in [6.07, 6.45) is 1.75. The summed E-state index contributed by atoms with van der Waals surface area (Å²) in [6, 6.07) is -0.222. The van der Waals surface area contributed by atoms with Gasteiger partial charge in [-0.1, -0.05) is 5.21 Å². The van der Waals surface area contributed by atoms with Crippen LogP contribution in [0.3, 0.4) is 0 Å². The lowest BCUT2D eigenvalue weighted by atomic mass is 10.5. The molecule has 2 amide bonds. The zero-order valence-electron chi connectivity index (χ0n) is 7.03. The highest BCUT2D eigenvalue weighted by atomic mass is 16.2. The number of carbonyl (C=O) groups excluding carboxylic acids is 1. The largest absolute Gasteiger partial charge is 0.341 e. The lowest BCUT2D eigenvalue weighted by Gasteiger charge is -1.99. The van der Waals surface area contributed by atoms with Crippen LogP contribution in [0.5, 0.6) is 0 Å². The Morgan fingerprint density at radius 3 is 3.00 bits per heavy atom. The van der Waals surface area contributed by atoms with Gasteiger partial charge in [0.15, 0.2) is 0 Å². The summed E-state index contributed by atoms with van der Waals surface area (Å²) in [5, 5.41) is 12.5. The van der Waals surface area contributed by atoms with Crippen molar-refractivity contribution in [2.45, 2.75) is 6.54 Å². The molecule has 1 aromatic rings. The third kappa shape index (κ3) is 2.22. The summed E-state index contributed by atoms with van der Waals surface area (Å²) >= 11 is 0. The molecule has 0 aliphatic heterocycles. The standard InChI is InChI=1S/C6H11N5O/c1-7-6(12)8-3-5-4-11(2)10-9-5/h4H,3H2,1-2H3,(H2,7,8,12). The van der Waals surface area contributed by atoms with E-state index in [2.05, 4.69) is 20.9 Å². The maximum Gasteiger partial charge on any atom is 0.314 e. The molecular weight excluding hydrogens is 158 g/mol. The van der Waals surface area contributed by atoms with Gasteiger partial charge in [0, 0.05) is 20.3 Å². The topological polar surface area (TPSA) is 71.8 Å². The first-order chi connectivity index (χ1) is 5.72. The number of rotatable bonds is 2. The van der Waals surface area contributed by atoms with E-state index in [0.717, 1.165) is 5.69 Å². The minimum absolute atomic E-state index is 0.222. The summed E-state index contributed by atoms with van der Waals surface area (Å²) < 4.78 is 1.58. The Balaban J connectivity index is 2.38. The zero-order valence-corrected chi connectivity index (χ0v) is 7.03. The minimum Gasteiger partial charge on any atom is -0.341 e. The van der Waals surface area contributed by atoms with Crippen LogP contribution in [0.2, 0.25) is 0 Å². The van der Waals surface area contributed by atoms with Crippen LogP contribution in [0, 0.1) is 0 Å². The van der Waals surface area contributed by atoms with E-state index in [1.54, 1.807) is 25.0 Å². The van der Waals surface area contributed by atoms with Crippen molar-refractivity contribution in [3.63, 3.8) is 0 Å². The SMILES string of the molecule is CNC(=O)NCc1cn(C)nn1. The second kappa shape index (κ2) is 3.70. The normalized spacial score (nSPS) is 9.50. The van der Waals surface area contributed by atoms with Crippen molar-refractivity contribution in [1.29, 1.82) is 0 Å². The zero-order chi connectivity index (χ0) is 8.97. The average molecular weight is 169 g/mol. The molecule has 0 bridgehead atoms. The van der Waals surface area contributed by atoms with Gasteiger partial charge >= 0.3 is 6.03 Å². The molecule has 1 heterocycles. The Morgan fingerprint density at radius 2 is 2.50 bits per heavy atom. The van der Waals surface area contributed by atoms with Gasteiger partial charge in [0.25, 0.3) is 0 Å². The van der Waals surface area contributed by atoms with Gasteiger partial charge in [-0.3, -0.25) is 4.68 Å². The molecule has 0 radical (unpaired) electrons. The molecule has 2 N–H and O–H groups in total. The molecule has 0 spiro atoms. The molecule has 6 heteroatoms. The number of aromatic nitrogens is 3. The third-order valence-electron chi connectivity index (χ3n) is 1.31. The molecule has 0 unspecified atom stereocenters. The van der Waals surface area contributed by atoms with Crippen molar-refractivity contribution in [3.05, 3.63) is 11.9 Å². The fourth-order valence-corrected chi connectivity index (χ4v) is 0.736. The highest BCUT2D eigenvalue weighted by molar-refractivity contribution is 5.73. The molecular formula is C6H11N5O. The first-order valence-electron chi connectivity index (χ1n) is 3.53. The molecule has 1 aromatic heterocycles. The van der Waals surface area contributed by atoms with Gasteiger partial charge in [-0.25, -0.2) is 4.79 Å². The van der Waals surface area contributed by atoms with Crippen LogP contribution in [-0.2, 0) is 13.6 Å². The predicted molar refractivity (Wildman–Crippen MR) is 42.3 cm³/mol. The highest BCUT2D eigenvalue weighted by Gasteiger charge is 1.99. The number of carbonyl (C=O) groups is 1. The van der Waals surface area contributed by atoms with E-state index in [0.29, 0.717) is 6.54 Å². The van der Waals surface area contributed by atoms with Crippen molar-refractivity contribution in [2.75, 3.05) is 7.05 Å². The van der Waals surface area contributed by atoms with Crippen LogP contribution in [0.1, 0.15) is 5.69 Å². The Morgan fingerprint density at radius 1 is 1.75 bits per heavy atom. The number of hydrogen-bond acceptors (Lipinski definition) is 3. The van der Waals surface area contributed by atoms with Crippen molar-refractivity contribution < 1.29 is 4.79 Å². The van der Waals surface area contributed by atoms with E-state index in [9.17, 15) is 4.79 Å². The number of nitrogens with zero attached hydrogens (tertiary/aromatic N) is 3. The third-order valence-corrected chi connectivity index (χ3v) is 1.31. The van der Waals surface area contributed by atoms with Gasteiger partial charge in [-0.05, 0) is 0 Å². The lowest BCUT2D eigenvalue weighted by molar-refractivity contribution is 0.242. The highest BCUT2D eigenvalue weighted by Crippen LogP contribution is 1.88. The summed E-state index contributed by atoms with van der Waals surface area (Å²) in [5.41, 5.74) is 0.737. The number of amides is 2. The molecule has 66 valence electrons. The first kappa shape index (κ1) is 8.51. The van der Waals surface area contributed by atoms with Crippen LogP contribution < -0.4 is 10.6 Å². The van der Waals surface area contributed by atoms with Crippen molar-refractivity contribution in [1.82, 2.24) is 25.6 Å². The maximum atomic E-state index is 10.7. The number of urea groups is 1. The molecule has 1 rings (SSSR count). The van der Waals surface area contributed by atoms with Gasteiger partial charge in [0.2, 0.25) is 0 Å². The van der Waals surface area contributed by atoms with E-state index in [-0.39, 0.29) is 6.03 Å².